The van der Waals surface area contributed by atoms with Gasteiger partial charge in [0.25, 0.3) is 11.5 Å². The Kier molecular flexibility index (Phi) is 6.30. The lowest BCUT2D eigenvalue weighted by molar-refractivity contribution is 0.0950. The molecule has 1 saturated heterocycles. The van der Waals surface area contributed by atoms with E-state index in [4.69, 9.17) is 9.47 Å². The van der Waals surface area contributed by atoms with Gasteiger partial charge in [0, 0.05) is 65.3 Å². The summed E-state index contributed by atoms with van der Waals surface area (Å²) in [7, 11) is 0. The molecule has 0 radical (unpaired) electrons. The second kappa shape index (κ2) is 9.54. The monoisotopic (exact) mass is 474 g/mol. The number of anilines is 1. The number of fused-ring (bicyclic) bond motifs is 1. The summed E-state index contributed by atoms with van der Waals surface area (Å²) in [5, 5.41) is 2.92. The summed E-state index contributed by atoms with van der Waals surface area (Å²) >= 11 is 0. The number of pyridine rings is 2. The minimum atomic E-state index is -0.231. The van der Waals surface area contributed by atoms with Crippen LogP contribution in [0.5, 0.6) is 5.75 Å². The van der Waals surface area contributed by atoms with Crippen LogP contribution in [0.2, 0.25) is 0 Å². The van der Waals surface area contributed by atoms with E-state index in [9.17, 15) is 9.59 Å². The minimum absolute atomic E-state index is 0.161. The van der Waals surface area contributed by atoms with E-state index in [1.54, 1.807) is 0 Å². The standard InChI is InChI=1S/C27H30N4O4/c1-16-10-18(3)30-27(33)23(16)14-29-26(32)20-11-21-17(2)15-35-25(21)22(12-20)19-4-5-24(28-13-19)31-6-8-34-9-7-31/h4-5,10-13,17H,6-9,14-15H2,1-3H3,(H,29,32)(H,30,33). The van der Waals surface area contributed by atoms with E-state index in [2.05, 4.69) is 27.1 Å². The van der Waals surface area contributed by atoms with Crippen molar-refractivity contribution in [1.29, 1.82) is 0 Å². The molecule has 2 aliphatic heterocycles. The van der Waals surface area contributed by atoms with Crippen molar-refractivity contribution in [2.24, 2.45) is 0 Å². The van der Waals surface area contributed by atoms with Crippen LogP contribution in [-0.4, -0.2) is 48.8 Å². The normalized spacial score (nSPS) is 17.1. The molecule has 3 aromatic rings. The van der Waals surface area contributed by atoms with Gasteiger partial charge in [0.15, 0.2) is 0 Å². The number of amides is 1. The highest BCUT2D eigenvalue weighted by Crippen LogP contribution is 2.42. The number of hydrogen-bond acceptors (Lipinski definition) is 6. The first-order valence-electron chi connectivity index (χ1n) is 12.0. The number of hydrogen-bond donors (Lipinski definition) is 2. The third-order valence-electron chi connectivity index (χ3n) is 6.70. The third kappa shape index (κ3) is 4.66. The summed E-state index contributed by atoms with van der Waals surface area (Å²) < 4.78 is 11.5. The molecule has 182 valence electrons. The molecule has 4 heterocycles. The van der Waals surface area contributed by atoms with Crippen LogP contribution in [0.1, 0.15) is 45.6 Å². The lowest BCUT2D eigenvalue weighted by atomic mass is 9.94. The van der Waals surface area contributed by atoms with Gasteiger partial charge >= 0.3 is 0 Å². The van der Waals surface area contributed by atoms with E-state index in [1.807, 2.05) is 50.4 Å². The number of nitrogens with one attached hydrogen (secondary N) is 2. The average Bonchev–Trinajstić information content (AvgIpc) is 3.24. The fraction of sp³-hybridized carbons (Fsp3) is 0.370. The van der Waals surface area contributed by atoms with Gasteiger partial charge in [-0.1, -0.05) is 6.92 Å². The highest BCUT2D eigenvalue weighted by Gasteiger charge is 2.26. The third-order valence-corrected chi connectivity index (χ3v) is 6.70. The molecule has 2 N–H and O–H groups in total. The predicted molar refractivity (Wildman–Crippen MR) is 134 cm³/mol. The Balaban J connectivity index is 1.42. The quantitative estimate of drug-likeness (QED) is 0.589. The van der Waals surface area contributed by atoms with Crippen molar-refractivity contribution < 1.29 is 14.3 Å². The lowest BCUT2D eigenvalue weighted by Gasteiger charge is -2.27. The summed E-state index contributed by atoms with van der Waals surface area (Å²) in [6, 6.07) is 9.68. The molecule has 1 fully saturated rings. The summed E-state index contributed by atoms with van der Waals surface area (Å²) in [4.78, 5) is 35.2. The molecule has 8 nitrogen and oxygen atoms in total. The fourth-order valence-corrected chi connectivity index (χ4v) is 4.72. The second-order valence-electron chi connectivity index (χ2n) is 9.28. The first kappa shape index (κ1) is 23.1. The van der Waals surface area contributed by atoms with E-state index in [1.165, 1.54) is 0 Å². The van der Waals surface area contributed by atoms with Gasteiger partial charge in [-0.25, -0.2) is 4.98 Å². The number of nitrogens with zero attached hydrogens (tertiary/aromatic N) is 2. The number of carbonyl (C=O) groups is 1. The Morgan fingerprint density at radius 1 is 1.20 bits per heavy atom. The fourth-order valence-electron chi connectivity index (χ4n) is 4.72. The van der Waals surface area contributed by atoms with E-state index in [-0.39, 0.29) is 23.9 Å². The van der Waals surface area contributed by atoms with Gasteiger partial charge < -0.3 is 24.7 Å². The smallest absolute Gasteiger partial charge is 0.253 e. The second-order valence-corrected chi connectivity index (χ2v) is 9.28. The van der Waals surface area contributed by atoms with Crippen molar-refractivity contribution in [1.82, 2.24) is 15.3 Å². The molecule has 2 aromatic heterocycles. The number of carbonyl (C=O) groups excluding carboxylic acids is 1. The first-order valence-corrected chi connectivity index (χ1v) is 12.0. The number of H-pyrrole nitrogens is 1. The van der Waals surface area contributed by atoms with Crippen LogP contribution >= 0.6 is 0 Å². The Labute approximate surface area is 204 Å². The summed E-state index contributed by atoms with van der Waals surface area (Å²) in [5.41, 5.74) is 5.33. The zero-order chi connectivity index (χ0) is 24.5. The molecule has 1 aromatic carbocycles. The number of aryl methyl sites for hydroxylation is 2. The SMILES string of the molecule is Cc1cc(C)c(CNC(=O)c2cc(-c3ccc(N4CCOCC4)nc3)c3c(c2)C(C)CO3)c(=O)[nH]1. The van der Waals surface area contributed by atoms with Gasteiger partial charge in [0.2, 0.25) is 0 Å². The highest BCUT2D eigenvalue weighted by atomic mass is 16.5. The molecular formula is C27H30N4O4. The molecule has 2 aliphatic rings. The lowest BCUT2D eigenvalue weighted by Crippen LogP contribution is -2.36. The Morgan fingerprint density at radius 2 is 2.00 bits per heavy atom. The number of aromatic nitrogens is 2. The van der Waals surface area contributed by atoms with E-state index in [0.717, 1.165) is 52.6 Å². The van der Waals surface area contributed by atoms with Crippen LogP contribution in [0.25, 0.3) is 11.1 Å². The van der Waals surface area contributed by atoms with Gasteiger partial charge in [-0.05, 0) is 49.7 Å². The van der Waals surface area contributed by atoms with Crippen molar-refractivity contribution in [2.45, 2.75) is 33.2 Å². The van der Waals surface area contributed by atoms with Crippen LogP contribution in [0.3, 0.4) is 0 Å². The maximum atomic E-state index is 13.2. The van der Waals surface area contributed by atoms with Gasteiger partial charge in [0.1, 0.15) is 11.6 Å². The molecule has 0 bridgehead atoms. The first-order chi connectivity index (χ1) is 16.9. The van der Waals surface area contributed by atoms with Crippen LogP contribution in [0.15, 0.2) is 41.3 Å². The Bertz CT molecular complexity index is 1310. The summed E-state index contributed by atoms with van der Waals surface area (Å²) in [5.74, 6) is 1.67. The maximum Gasteiger partial charge on any atom is 0.253 e. The average molecular weight is 475 g/mol. The molecule has 5 rings (SSSR count). The molecular weight excluding hydrogens is 444 g/mol. The minimum Gasteiger partial charge on any atom is -0.492 e. The molecule has 1 atom stereocenters. The zero-order valence-electron chi connectivity index (χ0n) is 20.3. The molecule has 0 saturated carbocycles. The van der Waals surface area contributed by atoms with Crippen LogP contribution in [-0.2, 0) is 11.3 Å². The number of morpholine rings is 1. The predicted octanol–water partition coefficient (Wildman–Crippen LogP) is 3.32. The number of benzene rings is 1. The van der Waals surface area contributed by atoms with Crippen molar-refractivity contribution in [2.75, 3.05) is 37.8 Å². The van der Waals surface area contributed by atoms with E-state index < -0.39 is 0 Å². The number of aromatic amines is 1. The van der Waals surface area contributed by atoms with Crippen LogP contribution in [0, 0.1) is 13.8 Å². The van der Waals surface area contributed by atoms with Crippen molar-refractivity contribution >= 4 is 11.7 Å². The largest absolute Gasteiger partial charge is 0.492 e. The Hall–Kier alpha value is -3.65. The molecule has 8 heteroatoms. The van der Waals surface area contributed by atoms with E-state index >= 15 is 0 Å². The van der Waals surface area contributed by atoms with Gasteiger partial charge in [-0.2, -0.15) is 0 Å². The summed E-state index contributed by atoms with van der Waals surface area (Å²) in [6.45, 7) is 9.59. The molecule has 1 unspecified atom stereocenters. The number of ether oxygens (including phenoxy) is 2. The van der Waals surface area contributed by atoms with Gasteiger partial charge in [-0.15, -0.1) is 0 Å². The summed E-state index contributed by atoms with van der Waals surface area (Å²) in [6.07, 6.45) is 1.84. The maximum absolute atomic E-state index is 13.2. The Morgan fingerprint density at radius 3 is 2.71 bits per heavy atom. The number of rotatable bonds is 5. The van der Waals surface area contributed by atoms with Gasteiger partial charge in [0.05, 0.1) is 19.8 Å². The van der Waals surface area contributed by atoms with Crippen molar-refractivity contribution in [3.63, 3.8) is 0 Å². The van der Waals surface area contributed by atoms with E-state index in [0.29, 0.717) is 30.9 Å². The van der Waals surface area contributed by atoms with Gasteiger partial charge in [-0.3, -0.25) is 9.59 Å². The van der Waals surface area contributed by atoms with Crippen molar-refractivity contribution in [3.05, 3.63) is 74.8 Å². The highest BCUT2D eigenvalue weighted by molar-refractivity contribution is 5.96. The topological polar surface area (TPSA) is 96.6 Å². The van der Waals surface area contributed by atoms with Crippen molar-refractivity contribution in [3.8, 4) is 16.9 Å². The molecule has 1 amide bonds. The molecule has 35 heavy (non-hydrogen) atoms. The van der Waals surface area contributed by atoms with Crippen LogP contribution < -0.4 is 20.5 Å². The van der Waals surface area contributed by atoms with Crippen LogP contribution in [0.4, 0.5) is 5.82 Å². The molecule has 0 aliphatic carbocycles. The zero-order valence-corrected chi connectivity index (χ0v) is 20.3. The molecule has 0 spiro atoms.